The molecule has 1 aromatic carbocycles. The van der Waals surface area contributed by atoms with Gasteiger partial charge in [-0.25, -0.2) is 9.97 Å². The van der Waals surface area contributed by atoms with Crippen molar-refractivity contribution in [2.45, 2.75) is 6.92 Å². The van der Waals surface area contributed by atoms with Crippen molar-refractivity contribution < 1.29 is 0 Å². The largest absolute Gasteiger partial charge is 0.338 e. The number of nitrogens with zero attached hydrogens (tertiary/aromatic N) is 3. The first-order chi connectivity index (χ1) is 9.22. The van der Waals surface area contributed by atoms with Crippen LogP contribution in [0.3, 0.4) is 0 Å². The summed E-state index contributed by atoms with van der Waals surface area (Å²) >= 11 is 5.92. The van der Waals surface area contributed by atoms with Gasteiger partial charge in [-0.1, -0.05) is 23.2 Å². The number of pyridine rings is 1. The minimum absolute atomic E-state index is 0.583. The normalized spacial score (nSPS) is 10.6. The smallest absolute Gasteiger partial charge is 0.141 e. The van der Waals surface area contributed by atoms with Gasteiger partial charge in [0, 0.05) is 11.6 Å². The lowest BCUT2D eigenvalue weighted by Crippen LogP contribution is -1.96. The third-order valence-corrected chi connectivity index (χ3v) is 2.97. The monoisotopic (exact) mass is 270 g/mol. The Morgan fingerprint density at radius 2 is 2.00 bits per heavy atom. The fourth-order valence-corrected chi connectivity index (χ4v) is 2.06. The van der Waals surface area contributed by atoms with Crippen LogP contribution in [0.25, 0.3) is 10.9 Å². The summed E-state index contributed by atoms with van der Waals surface area (Å²) in [5, 5.41) is 4.77. The van der Waals surface area contributed by atoms with Gasteiger partial charge >= 0.3 is 0 Å². The van der Waals surface area contributed by atoms with Crippen LogP contribution in [0.4, 0.5) is 11.5 Å². The summed E-state index contributed by atoms with van der Waals surface area (Å²) in [6.45, 7) is 2.04. The molecule has 0 aliphatic rings. The molecule has 0 bridgehead atoms. The molecule has 2 aromatic heterocycles. The molecule has 0 aliphatic carbocycles. The highest BCUT2D eigenvalue weighted by Gasteiger charge is 2.04. The lowest BCUT2D eigenvalue weighted by Gasteiger charge is -2.08. The molecule has 0 aliphatic heterocycles. The SMILES string of the molecule is Cc1ccc2ncnc(Nc3cncc(Cl)c3)c2c1. The minimum Gasteiger partial charge on any atom is -0.338 e. The number of halogens is 1. The van der Waals surface area contributed by atoms with Gasteiger partial charge in [0.15, 0.2) is 0 Å². The molecule has 0 atom stereocenters. The highest BCUT2D eigenvalue weighted by molar-refractivity contribution is 6.30. The predicted molar refractivity (Wildman–Crippen MR) is 76.8 cm³/mol. The van der Waals surface area contributed by atoms with Crippen LogP contribution in [-0.4, -0.2) is 15.0 Å². The first kappa shape index (κ1) is 11.9. The maximum atomic E-state index is 5.92. The number of rotatable bonds is 2. The summed E-state index contributed by atoms with van der Waals surface area (Å²) in [4.78, 5) is 12.6. The van der Waals surface area contributed by atoms with Crippen LogP contribution in [0.15, 0.2) is 43.0 Å². The molecule has 4 nitrogen and oxygen atoms in total. The van der Waals surface area contributed by atoms with Crippen molar-refractivity contribution in [2.75, 3.05) is 5.32 Å². The van der Waals surface area contributed by atoms with Crippen LogP contribution in [0.2, 0.25) is 5.02 Å². The van der Waals surface area contributed by atoms with E-state index in [1.54, 1.807) is 18.5 Å². The number of hydrogen-bond donors (Lipinski definition) is 1. The summed E-state index contributed by atoms with van der Waals surface area (Å²) < 4.78 is 0. The minimum atomic E-state index is 0.583. The van der Waals surface area contributed by atoms with Gasteiger partial charge in [0.25, 0.3) is 0 Å². The average molecular weight is 271 g/mol. The topological polar surface area (TPSA) is 50.7 Å². The van der Waals surface area contributed by atoms with E-state index in [1.807, 2.05) is 19.1 Å². The number of anilines is 2. The maximum absolute atomic E-state index is 5.92. The van der Waals surface area contributed by atoms with Gasteiger partial charge in [-0.3, -0.25) is 4.98 Å². The standard InChI is InChI=1S/C14H11ClN4/c1-9-2-3-13-12(4-9)14(18-8-17-13)19-11-5-10(15)6-16-7-11/h2-8H,1H3,(H,17,18,19). The zero-order valence-corrected chi connectivity index (χ0v) is 11.0. The Labute approximate surface area is 115 Å². The molecule has 1 N–H and O–H groups in total. The zero-order valence-electron chi connectivity index (χ0n) is 10.3. The van der Waals surface area contributed by atoms with Crippen molar-refractivity contribution in [1.82, 2.24) is 15.0 Å². The molecule has 0 radical (unpaired) electrons. The van der Waals surface area contributed by atoms with E-state index in [1.165, 1.54) is 6.33 Å². The van der Waals surface area contributed by atoms with E-state index in [0.717, 1.165) is 28.0 Å². The first-order valence-corrected chi connectivity index (χ1v) is 6.19. The number of aryl methyl sites for hydroxylation is 1. The molecule has 0 saturated carbocycles. The number of hydrogen-bond acceptors (Lipinski definition) is 4. The van der Waals surface area contributed by atoms with Crippen molar-refractivity contribution in [2.24, 2.45) is 0 Å². The summed E-state index contributed by atoms with van der Waals surface area (Å²) in [5.74, 6) is 0.748. The van der Waals surface area contributed by atoms with Crippen molar-refractivity contribution in [1.29, 1.82) is 0 Å². The third-order valence-electron chi connectivity index (χ3n) is 2.76. The molecule has 0 unspecified atom stereocenters. The molecule has 3 rings (SSSR count). The quantitative estimate of drug-likeness (QED) is 0.771. The molecule has 0 amide bonds. The van der Waals surface area contributed by atoms with E-state index in [9.17, 15) is 0 Å². The fraction of sp³-hybridized carbons (Fsp3) is 0.0714. The second kappa shape index (κ2) is 4.82. The number of nitrogens with one attached hydrogen (secondary N) is 1. The Hall–Kier alpha value is -2.20. The van der Waals surface area contributed by atoms with Gasteiger partial charge in [0.05, 0.1) is 22.4 Å². The van der Waals surface area contributed by atoms with Gasteiger partial charge < -0.3 is 5.32 Å². The van der Waals surface area contributed by atoms with Crippen molar-refractivity contribution in [3.8, 4) is 0 Å². The molecular weight excluding hydrogens is 260 g/mol. The second-order valence-corrected chi connectivity index (χ2v) is 4.70. The number of benzene rings is 1. The Kier molecular flexibility index (Phi) is 3.01. The van der Waals surface area contributed by atoms with Gasteiger partial charge in [-0.15, -0.1) is 0 Å². The molecule has 2 heterocycles. The van der Waals surface area contributed by atoms with Crippen LogP contribution < -0.4 is 5.32 Å². The van der Waals surface area contributed by atoms with Gasteiger partial charge in [-0.2, -0.15) is 0 Å². The zero-order chi connectivity index (χ0) is 13.2. The molecular formula is C14H11ClN4. The fourth-order valence-electron chi connectivity index (χ4n) is 1.89. The molecule has 3 aromatic rings. The number of aromatic nitrogens is 3. The predicted octanol–water partition coefficient (Wildman–Crippen LogP) is 3.73. The Balaban J connectivity index is 2.07. The molecule has 0 saturated heterocycles. The lowest BCUT2D eigenvalue weighted by atomic mass is 10.1. The molecule has 0 fully saturated rings. The van der Waals surface area contributed by atoms with E-state index in [4.69, 9.17) is 11.6 Å². The molecule has 5 heteroatoms. The van der Waals surface area contributed by atoms with E-state index >= 15 is 0 Å². The average Bonchev–Trinajstić information content (AvgIpc) is 2.39. The van der Waals surface area contributed by atoms with Gasteiger partial charge in [0.1, 0.15) is 12.1 Å². The lowest BCUT2D eigenvalue weighted by molar-refractivity contribution is 1.21. The first-order valence-electron chi connectivity index (χ1n) is 5.81. The van der Waals surface area contributed by atoms with E-state index < -0.39 is 0 Å². The van der Waals surface area contributed by atoms with Crippen LogP contribution >= 0.6 is 11.6 Å². The Morgan fingerprint density at radius 3 is 2.84 bits per heavy atom. The van der Waals surface area contributed by atoms with E-state index in [0.29, 0.717) is 5.02 Å². The highest BCUT2D eigenvalue weighted by atomic mass is 35.5. The van der Waals surface area contributed by atoms with E-state index in [-0.39, 0.29) is 0 Å². The van der Waals surface area contributed by atoms with Crippen molar-refractivity contribution in [3.05, 3.63) is 53.6 Å². The Morgan fingerprint density at radius 1 is 1.11 bits per heavy atom. The van der Waals surface area contributed by atoms with Gasteiger partial charge in [-0.05, 0) is 25.1 Å². The van der Waals surface area contributed by atoms with Crippen molar-refractivity contribution >= 4 is 34.0 Å². The summed E-state index contributed by atoms with van der Waals surface area (Å²) in [6.07, 6.45) is 4.84. The van der Waals surface area contributed by atoms with Crippen LogP contribution in [-0.2, 0) is 0 Å². The second-order valence-electron chi connectivity index (χ2n) is 4.26. The van der Waals surface area contributed by atoms with Crippen LogP contribution in [0.5, 0.6) is 0 Å². The maximum Gasteiger partial charge on any atom is 0.141 e. The highest BCUT2D eigenvalue weighted by Crippen LogP contribution is 2.24. The van der Waals surface area contributed by atoms with Crippen molar-refractivity contribution in [3.63, 3.8) is 0 Å². The molecule has 19 heavy (non-hydrogen) atoms. The third kappa shape index (κ3) is 2.48. The van der Waals surface area contributed by atoms with Crippen LogP contribution in [0.1, 0.15) is 5.56 Å². The summed E-state index contributed by atoms with van der Waals surface area (Å²) in [5.41, 5.74) is 2.86. The summed E-state index contributed by atoms with van der Waals surface area (Å²) in [6, 6.07) is 7.86. The molecule has 94 valence electrons. The van der Waals surface area contributed by atoms with Gasteiger partial charge in [0.2, 0.25) is 0 Å². The summed E-state index contributed by atoms with van der Waals surface area (Å²) in [7, 11) is 0. The Bertz CT molecular complexity index is 742. The number of fused-ring (bicyclic) bond motifs is 1. The van der Waals surface area contributed by atoms with E-state index in [2.05, 4.69) is 26.3 Å². The van der Waals surface area contributed by atoms with Crippen LogP contribution in [0, 0.1) is 6.92 Å². The molecule has 0 spiro atoms.